The topological polar surface area (TPSA) is 64.6 Å². The summed E-state index contributed by atoms with van der Waals surface area (Å²) in [7, 11) is -2.03. The summed E-state index contributed by atoms with van der Waals surface area (Å²) in [5, 5.41) is 2.53. The summed E-state index contributed by atoms with van der Waals surface area (Å²) in [6.07, 6.45) is -4.66. The fraction of sp³-hybridized carbons (Fsp3) is 0.655. The molecule has 1 unspecified atom stereocenters. The van der Waals surface area contributed by atoms with Gasteiger partial charge in [0.05, 0.1) is 13.0 Å². The maximum Gasteiger partial charge on any atom is 0.408 e. The van der Waals surface area contributed by atoms with E-state index in [9.17, 15) is 22.8 Å². The molecule has 0 aliphatic carbocycles. The van der Waals surface area contributed by atoms with Gasteiger partial charge in [-0.05, 0) is 50.6 Å². The van der Waals surface area contributed by atoms with E-state index in [2.05, 4.69) is 50.6 Å². The molecular formula is C29H44F3NO4Si. The van der Waals surface area contributed by atoms with Crippen LogP contribution in [-0.4, -0.2) is 44.6 Å². The van der Waals surface area contributed by atoms with Crippen molar-refractivity contribution in [1.29, 1.82) is 0 Å². The summed E-state index contributed by atoms with van der Waals surface area (Å²) in [5.41, 5.74) is 3.31. The lowest BCUT2D eigenvalue weighted by Gasteiger charge is -2.31. The van der Waals surface area contributed by atoms with Gasteiger partial charge in [0.2, 0.25) is 0 Å². The van der Waals surface area contributed by atoms with E-state index in [4.69, 9.17) is 9.47 Å². The Labute approximate surface area is 227 Å². The fourth-order valence-electron chi connectivity index (χ4n) is 3.23. The van der Waals surface area contributed by atoms with Gasteiger partial charge in [-0.1, -0.05) is 64.2 Å². The first-order valence-corrected chi connectivity index (χ1v) is 16.1. The number of ether oxygens (including phenoxy) is 2. The summed E-state index contributed by atoms with van der Waals surface area (Å²) >= 11 is 0. The number of hydrogen-bond acceptors (Lipinski definition) is 4. The molecule has 0 saturated carbocycles. The van der Waals surface area contributed by atoms with E-state index in [1.54, 1.807) is 20.8 Å². The zero-order chi connectivity index (χ0) is 29.2. The average molecular weight is 556 g/mol. The molecule has 0 radical (unpaired) electrons. The lowest BCUT2D eigenvalue weighted by atomic mass is 9.99. The van der Waals surface area contributed by atoms with Crippen LogP contribution in [0.4, 0.5) is 18.0 Å². The number of rotatable bonds is 10. The van der Waals surface area contributed by atoms with Crippen molar-refractivity contribution in [1.82, 2.24) is 5.32 Å². The lowest BCUT2D eigenvalue weighted by Crippen LogP contribution is -2.45. The van der Waals surface area contributed by atoms with Gasteiger partial charge in [-0.15, -0.1) is 11.5 Å². The Morgan fingerprint density at radius 3 is 2.13 bits per heavy atom. The van der Waals surface area contributed by atoms with Gasteiger partial charge in [-0.25, -0.2) is 9.59 Å². The number of amides is 1. The maximum atomic E-state index is 13.1. The molecule has 1 rings (SSSR count). The molecule has 1 N–H and O–H groups in total. The Balaban J connectivity index is 2.74. The third-order valence-corrected chi connectivity index (χ3v) is 10.9. The number of benzene rings is 1. The Bertz CT molecular complexity index is 955. The van der Waals surface area contributed by atoms with Crippen molar-refractivity contribution in [2.75, 3.05) is 6.61 Å². The van der Waals surface area contributed by atoms with Gasteiger partial charge in [0.25, 0.3) is 0 Å². The van der Waals surface area contributed by atoms with E-state index >= 15 is 0 Å². The number of carbonyl (C=O) groups is 2. The average Bonchev–Trinajstić information content (AvgIpc) is 2.74. The molecule has 0 fully saturated rings. The molecule has 9 heteroatoms. The smallest absolute Gasteiger partial charge is 0.408 e. The van der Waals surface area contributed by atoms with Crippen LogP contribution in [0.3, 0.4) is 0 Å². The van der Waals surface area contributed by atoms with Crippen molar-refractivity contribution in [2.45, 2.75) is 110 Å². The van der Waals surface area contributed by atoms with E-state index < -0.39 is 50.3 Å². The molecule has 1 aromatic carbocycles. The van der Waals surface area contributed by atoms with Crippen LogP contribution in [0.1, 0.15) is 72.8 Å². The molecule has 2 atom stereocenters. The second kappa shape index (κ2) is 14.1. The number of alkyl carbamates (subject to hydrolysis) is 1. The highest BCUT2D eigenvalue weighted by molar-refractivity contribution is 6.87. The molecule has 0 aliphatic rings. The van der Waals surface area contributed by atoms with Gasteiger partial charge >= 0.3 is 18.2 Å². The van der Waals surface area contributed by atoms with Crippen LogP contribution in [0.25, 0.3) is 0 Å². The van der Waals surface area contributed by atoms with Crippen LogP contribution in [0.15, 0.2) is 30.3 Å². The first-order chi connectivity index (χ1) is 17.3. The van der Waals surface area contributed by atoms with Crippen LogP contribution in [-0.2, 0) is 20.7 Å². The van der Waals surface area contributed by atoms with Gasteiger partial charge in [0.15, 0.2) is 0 Å². The van der Waals surface area contributed by atoms with Crippen LogP contribution in [0.2, 0.25) is 18.1 Å². The highest BCUT2D eigenvalue weighted by Crippen LogP contribution is 2.35. The molecule has 1 aromatic rings. The third-order valence-electron chi connectivity index (χ3n) is 6.39. The minimum Gasteiger partial charge on any atom is -0.464 e. The number of hydrogen-bond donors (Lipinski definition) is 1. The van der Waals surface area contributed by atoms with E-state index in [0.717, 1.165) is 5.56 Å². The number of esters is 1. The van der Waals surface area contributed by atoms with E-state index in [1.807, 2.05) is 30.3 Å². The lowest BCUT2D eigenvalue weighted by molar-refractivity contribution is -0.146. The number of carbonyl (C=O) groups excluding carboxylic acids is 2. The van der Waals surface area contributed by atoms with Crippen molar-refractivity contribution < 1.29 is 32.2 Å². The van der Waals surface area contributed by atoms with Crippen LogP contribution in [0, 0.1) is 17.4 Å². The molecule has 1 amide bonds. The number of nitrogens with one attached hydrogen (secondary N) is 1. The Morgan fingerprint density at radius 2 is 1.61 bits per heavy atom. The highest BCUT2D eigenvalue weighted by atomic mass is 28.3. The molecule has 38 heavy (non-hydrogen) atoms. The summed E-state index contributed by atoms with van der Waals surface area (Å²) < 4.78 is 50.1. The van der Waals surface area contributed by atoms with Crippen molar-refractivity contribution >= 4 is 20.1 Å². The minimum atomic E-state index is -4.29. The molecule has 0 spiro atoms. The van der Waals surface area contributed by atoms with E-state index in [-0.39, 0.29) is 24.5 Å². The SMILES string of the molecule is CC(C)(C)OC(=O)N[C@@H](Cc1ccccc1)C(=O)OCCCCC(C#C[Si](C)(C)C(C)(C)C)CC(F)(F)F. The highest BCUT2D eigenvalue weighted by Gasteiger charge is 2.35. The first kappa shape index (κ1) is 33.6. The molecule has 0 saturated heterocycles. The van der Waals surface area contributed by atoms with Gasteiger partial charge in [-0.2, -0.15) is 13.2 Å². The fourth-order valence-corrected chi connectivity index (χ4v) is 4.17. The molecule has 214 valence electrons. The van der Waals surface area contributed by atoms with Crippen molar-refractivity contribution in [3.05, 3.63) is 35.9 Å². The summed E-state index contributed by atoms with van der Waals surface area (Å²) in [6.45, 7) is 15.6. The monoisotopic (exact) mass is 555 g/mol. The van der Waals surface area contributed by atoms with Gasteiger partial charge < -0.3 is 14.8 Å². The zero-order valence-corrected chi connectivity index (χ0v) is 25.1. The second-order valence-corrected chi connectivity index (χ2v) is 17.2. The quantitative estimate of drug-likeness (QED) is 0.141. The van der Waals surface area contributed by atoms with E-state index in [0.29, 0.717) is 12.8 Å². The van der Waals surface area contributed by atoms with E-state index in [1.165, 1.54) is 0 Å². The maximum absolute atomic E-state index is 13.1. The van der Waals surface area contributed by atoms with Crippen molar-refractivity contribution in [3.8, 4) is 11.5 Å². The number of unbranched alkanes of at least 4 members (excludes halogenated alkanes) is 1. The summed E-state index contributed by atoms with van der Waals surface area (Å²) in [5.74, 6) is 1.52. The van der Waals surface area contributed by atoms with Gasteiger partial charge in [0, 0.05) is 12.3 Å². The third kappa shape index (κ3) is 13.9. The molecule has 0 aliphatic heterocycles. The van der Waals surface area contributed by atoms with Crippen molar-refractivity contribution in [2.24, 2.45) is 5.92 Å². The van der Waals surface area contributed by atoms with Crippen LogP contribution in [0.5, 0.6) is 0 Å². The molecular weight excluding hydrogens is 511 g/mol. The van der Waals surface area contributed by atoms with Gasteiger partial charge in [-0.3, -0.25) is 0 Å². The first-order valence-electron chi connectivity index (χ1n) is 13.1. The molecule has 0 bridgehead atoms. The minimum absolute atomic E-state index is 0.0362. The van der Waals surface area contributed by atoms with Gasteiger partial charge in [0.1, 0.15) is 19.7 Å². The van der Waals surface area contributed by atoms with Crippen molar-refractivity contribution in [3.63, 3.8) is 0 Å². The number of halogens is 3. The Morgan fingerprint density at radius 1 is 1.00 bits per heavy atom. The predicted molar refractivity (Wildman–Crippen MR) is 147 cm³/mol. The predicted octanol–water partition coefficient (Wildman–Crippen LogP) is 7.46. The largest absolute Gasteiger partial charge is 0.464 e. The molecule has 5 nitrogen and oxygen atoms in total. The number of alkyl halides is 3. The Kier molecular flexibility index (Phi) is 12.4. The molecule has 0 aromatic heterocycles. The zero-order valence-electron chi connectivity index (χ0n) is 24.1. The van der Waals surface area contributed by atoms with Crippen LogP contribution < -0.4 is 5.32 Å². The summed E-state index contributed by atoms with van der Waals surface area (Å²) in [6, 6.07) is 8.22. The van der Waals surface area contributed by atoms with Crippen LogP contribution >= 0.6 is 0 Å². The summed E-state index contributed by atoms with van der Waals surface area (Å²) in [4.78, 5) is 25.1. The Hall–Kier alpha value is -2.47. The standard InChI is InChI=1S/C29H44F3NO4Si/c1-27(2,3)37-26(35)33-24(20-22-14-10-9-11-15-22)25(34)36-18-13-12-16-23(21-29(30,31)32)17-19-38(7,8)28(4,5)6/h9-11,14-15,23-24H,12-13,16,18,20-21H2,1-8H3,(H,33,35)/t23?,24-/m0/s1. The molecule has 0 heterocycles. The normalized spacial score (nSPS) is 14.1. The second-order valence-electron chi connectivity index (χ2n) is 12.2.